The molecule has 1 aromatic carbocycles. The summed E-state index contributed by atoms with van der Waals surface area (Å²) in [5.74, 6) is -0.607. The smallest absolute Gasteiger partial charge is 0.251 e. The molecule has 0 atom stereocenters. The van der Waals surface area contributed by atoms with E-state index in [1.54, 1.807) is 24.3 Å². The van der Waals surface area contributed by atoms with Crippen LogP contribution in [0.3, 0.4) is 0 Å². The minimum atomic E-state index is -3.56. The molecular formula is C9H9BrClNO3S. The second kappa shape index (κ2) is 5.65. The van der Waals surface area contributed by atoms with Gasteiger partial charge in [-0.05, 0) is 24.3 Å². The van der Waals surface area contributed by atoms with Crippen molar-refractivity contribution in [2.24, 2.45) is 0 Å². The molecule has 1 aromatic rings. The predicted octanol–water partition coefficient (Wildman–Crippen LogP) is 1.75. The quantitative estimate of drug-likeness (QED) is 0.857. The van der Waals surface area contributed by atoms with E-state index in [2.05, 4.69) is 21.2 Å². The molecule has 0 aliphatic rings. The average molecular weight is 327 g/mol. The molecule has 0 unspecified atom stereocenters. The monoisotopic (exact) mass is 325 g/mol. The van der Waals surface area contributed by atoms with Crippen LogP contribution in [0.25, 0.3) is 0 Å². The molecule has 4 nitrogen and oxygen atoms in total. The van der Waals surface area contributed by atoms with Gasteiger partial charge in [-0.3, -0.25) is 4.79 Å². The number of hydrogen-bond acceptors (Lipinski definition) is 3. The highest BCUT2D eigenvalue weighted by Crippen LogP contribution is 2.10. The summed E-state index contributed by atoms with van der Waals surface area (Å²) in [5.41, 5.74) is 0.468. The molecule has 0 saturated heterocycles. The van der Waals surface area contributed by atoms with Gasteiger partial charge in [0.25, 0.3) is 5.91 Å². The third kappa shape index (κ3) is 4.96. The Morgan fingerprint density at radius 2 is 1.88 bits per heavy atom. The van der Waals surface area contributed by atoms with Gasteiger partial charge >= 0.3 is 0 Å². The van der Waals surface area contributed by atoms with Gasteiger partial charge in [-0.25, -0.2) is 8.42 Å². The van der Waals surface area contributed by atoms with Crippen LogP contribution in [0, 0.1) is 0 Å². The molecule has 0 bridgehead atoms. The molecule has 0 saturated carbocycles. The maximum Gasteiger partial charge on any atom is 0.251 e. The van der Waals surface area contributed by atoms with Gasteiger partial charge in [-0.2, -0.15) is 0 Å². The highest BCUT2D eigenvalue weighted by atomic mass is 79.9. The van der Waals surface area contributed by atoms with Crippen molar-refractivity contribution < 1.29 is 13.2 Å². The van der Waals surface area contributed by atoms with Crippen LogP contribution in [0.5, 0.6) is 0 Å². The van der Waals surface area contributed by atoms with E-state index in [0.29, 0.717) is 5.56 Å². The van der Waals surface area contributed by atoms with E-state index in [4.69, 9.17) is 10.7 Å². The summed E-state index contributed by atoms with van der Waals surface area (Å²) in [6.45, 7) is 0.000725. The fourth-order valence-electron chi connectivity index (χ4n) is 0.990. The van der Waals surface area contributed by atoms with Crippen LogP contribution in [0.1, 0.15) is 10.4 Å². The molecule has 1 N–H and O–H groups in total. The topological polar surface area (TPSA) is 63.2 Å². The first-order valence-corrected chi connectivity index (χ1v) is 7.62. The molecule has 0 aliphatic heterocycles. The zero-order valence-electron chi connectivity index (χ0n) is 8.11. The molecule has 7 heteroatoms. The largest absolute Gasteiger partial charge is 0.351 e. The van der Waals surface area contributed by atoms with Gasteiger partial charge in [0.2, 0.25) is 9.05 Å². The normalized spacial score (nSPS) is 11.1. The standard InChI is InChI=1S/C9H9BrClNO3S/c10-8-3-1-7(2-4-8)9(13)12-5-6-16(11,14)15/h1-4H,5-6H2,(H,12,13). The van der Waals surface area contributed by atoms with Gasteiger partial charge in [0.05, 0.1) is 5.75 Å². The number of amides is 1. The third-order valence-electron chi connectivity index (χ3n) is 1.74. The maximum atomic E-state index is 11.5. The average Bonchev–Trinajstić information content (AvgIpc) is 2.16. The summed E-state index contributed by atoms with van der Waals surface area (Å²) in [6, 6.07) is 6.73. The highest BCUT2D eigenvalue weighted by molar-refractivity contribution is 9.10. The Hall–Kier alpha value is -0.590. The maximum absolute atomic E-state index is 11.5. The number of rotatable bonds is 4. The number of carbonyl (C=O) groups is 1. The van der Waals surface area contributed by atoms with Crippen molar-refractivity contribution >= 4 is 41.6 Å². The third-order valence-corrected chi connectivity index (χ3v) is 3.42. The van der Waals surface area contributed by atoms with Gasteiger partial charge in [-0.1, -0.05) is 15.9 Å². The Bertz CT molecular complexity index is 472. The Kier molecular flexibility index (Phi) is 4.76. The summed E-state index contributed by atoms with van der Waals surface area (Å²) in [5, 5.41) is 2.46. The zero-order valence-corrected chi connectivity index (χ0v) is 11.3. The van der Waals surface area contributed by atoms with Gasteiger partial charge in [0.1, 0.15) is 0 Å². The Morgan fingerprint density at radius 3 is 2.38 bits per heavy atom. The van der Waals surface area contributed by atoms with Crippen molar-refractivity contribution in [2.75, 3.05) is 12.3 Å². The van der Waals surface area contributed by atoms with Crippen molar-refractivity contribution in [3.63, 3.8) is 0 Å². The van der Waals surface area contributed by atoms with Crippen LogP contribution in [0.4, 0.5) is 0 Å². The van der Waals surface area contributed by atoms with Gasteiger partial charge < -0.3 is 5.32 Å². The first-order valence-electron chi connectivity index (χ1n) is 4.34. The number of benzene rings is 1. The fourth-order valence-corrected chi connectivity index (χ4v) is 1.83. The van der Waals surface area contributed by atoms with Crippen molar-refractivity contribution in [1.29, 1.82) is 0 Å². The lowest BCUT2D eigenvalue weighted by atomic mass is 10.2. The molecule has 88 valence electrons. The SMILES string of the molecule is O=C(NCCS(=O)(=O)Cl)c1ccc(Br)cc1. The first kappa shape index (κ1) is 13.5. The lowest BCUT2D eigenvalue weighted by molar-refractivity contribution is 0.0956. The van der Waals surface area contributed by atoms with E-state index in [1.165, 1.54) is 0 Å². The number of halogens is 2. The van der Waals surface area contributed by atoms with Crippen LogP contribution in [0.2, 0.25) is 0 Å². The minimum absolute atomic E-state index is 0.000725. The molecule has 0 aromatic heterocycles. The predicted molar refractivity (Wildman–Crippen MR) is 66.1 cm³/mol. The van der Waals surface area contributed by atoms with Crippen LogP contribution in [-0.2, 0) is 9.05 Å². The second-order valence-corrected chi connectivity index (χ2v) is 6.82. The molecule has 0 aliphatic carbocycles. The van der Waals surface area contributed by atoms with E-state index in [1.807, 2.05) is 0 Å². The van der Waals surface area contributed by atoms with Crippen LogP contribution in [-0.4, -0.2) is 26.6 Å². The van der Waals surface area contributed by atoms with E-state index < -0.39 is 9.05 Å². The molecule has 0 heterocycles. The minimum Gasteiger partial charge on any atom is -0.351 e. The van der Waals surface area contributed by atoms with E-state index >= 15 is 0 Å². The summed E-state index contributed by atoms with van der Waals surface area (Å²) < 4.78 is 22.1. The summed E-state index contributed by atoms with van der Waals surface area (Å²) >= 11 is 3.24. The molecule has 1 amide bonds. The number of hydrogen-bond donors (Lipinski definition) is 1. The van der Waals surface area contributed by atoms with Crippen LogP contribution in [0.15, 0.2) is 28.7 Å². The van der Waals surface area contributed by atoms with Crippen molar-refractivity contribution in [3.8, 4) is 0 Å². The Labute approximate surface area is 107 Å². The van der Waals surface area contributed by atoms with E-state index in [9.17, 15) is 13.2 Å². The van der Waals surface area contributed by atoms with Crippen molar-refractivity contribution in [2.45, 2.75) is 0 Å². The lowest BCUT2D eigenvalue weighted by Crippen LogP contribution is -2.27. The molecule has 0 spiro atoms. The molecule has 1 rings (SSSR count). The lowest BCUT2D eigenvalue weighted by Gasteiger charge is -2.03. The van der Waals surface area contributed by atoms with Gasteiger partial charge in [0, 0.05) is 27.3 Å². The molecular weight excluding hydrogens is 318 g/mol. The molecule has 16 heavy (non-hydrogen) atoms. The summed E-state index contributed by atoms with van der Waals surface area (Å²) in [6.07, 6.45) is 0. The van der Waals surface area contributed by atoms with Crippen molar-refractivity contribution in [3.05, 3.63) is 34.3 Å². The van der Waals surface area contributed by atoms with Crippen molar-refractivity contribution in [1.82, 2.24) is 5.32 Å². The summed E-state index contributed by atoms with van der Waals surface area (Å²) in [7, 11) is 1.44. The van der Waals surface area contributed by atoms with E-state index in [-0.39, 0.29) is 18.2 Å². The fraction of sp³-hybridized carbons (Fsp3) is 0.222. The highest BCUT2D eigenvalue weighted by Gasteiger charge is 2.08. The van der Waals surface area contributed by atoms with Crippen LogP contribution < -0.4 is 5.32 Å². The second-order valence-electron chi connectivity index (χ2n) is 3.01. The van der Waals surface area contributed by atoms with Crippen LogP contribution >= 0.6 is 26.6 Å². The number of carbonyl (C=O) groups excluding carboxylic acids is 1. The van der Waals surface area contributed by atoms with Gasteiger partial charge in [0.15, 0.2) is 0 Å². The number of nitrogens with one attached hydrogen (secondary N) is 1. The summed E-state index contributed by atoms with van der Waals surface area (Å²) in [4.78, 5) is 11.5. The zero-order chi connectivity index (χ0) is 12.2. The van der Waals surface area contributed by atoms with E-state index in [0.717, 1.165) is 4.47 Å². The molecule has 0 fully saturated rings. The molecule has 0 radical (unpaired) electrons. The first-order chi connectivity index (χ1) is 7.38. The Morgan fingerprint density at radius 1 is 1.31 bits per heavy atom. The Balaban J connectivity index is 2.50. The van der Waals surface area contributed by atoms with Gasteiger partial charge in [-0.15, -0.1) is 0 Å².